The Hall–Kier alpha value is -1.66. The Balaban J connectivity index is 1.34. The lowest BCUT2D eigenvalue weighted by Crippen LogP contribution is -2.31. The van der Waals surface area contributed by atoms with Gasteiger partial charge in [-0.3, -0.25) is 0 Å². The molecule has 2 aromatic rings. The first-order valence-electron chi connectivity index (χ1n) is 7.79. The van der Waals surface area contributed by atoms with E-state index in [1.807, 2.05) is 18.2 Å². The molecule has 0 spiro atoms. The van der Waals surface area contributed by atoms with Gasteiger partial charge < -0.3 is 14.8 Å². The maximum Gasteiger partial charge on any atom is 0.291 e. The lowest BCUT2D eigenvalue weighted by molar-refractivity contribution is 0.160. The van der Waals surface area contributed by atoms with Gasteiger partial charge in [0.05, 0.1) is 18.3 Å². The smallest absolute Gasteiger partial charge is 0.291 e. The summed E-state index contributed by atoms with van der Waals surface area (Å²) in [7, 11) is 0. The van der Waals surface area contributed by atoms with Crippen LogP contribution >= 0.6 is 11.7 Å². The van der Waals surface area contributed by atoms with Crippen molar-refractivity contribution >= 4 is 11.7 Å². The Bertz CT molecular complexity index is 599. The molecule has 2 unspecified atom stereocenters. The zero-order valence-electron chi connectivity index (χ0n) is 12.3. The molecule has 116 valence electrons. The van der Waals surface area contributed by atoms with Crippen LogP contribution in [0.4, 0.5) is 0 Å². The molecule has 3 atom stereocenters. The van der Waals surface area contributed by atoms with Crippen LogP contribution < -0.4 is 14.8 Å². The molecule has 1 aromatic carbocycles. The Morgan fingerprint density at radius 2 is 2.00 bits per heavy atom. The van der Waals surface area contributed by atoms with E-state index in [1.165, 1.54) is 18.4 Å². The Morgan fingerprint density at radius 1 is 1.14 bits per heavy atom. The lowest BCUT2D eigenvalue weighted by atomic mass is 10.1. The van der Waals surface area contributed by atoms with Crippen molar-refractivity contribution in [1.29, 1.82) is 0 Å². The van der Waals surface area contributed by atoms with Crippen LogP contribution in [0, 0.1) is 5.92 Å². The van der Waals surface area contributed by atoms with E-state index in [0.717, 1.165) is 24.7 Å². The Morgan fingerprint density at radius 3 is 2.73 bits per heavy atom. The van der Waals surface area contributed by atoms with Gasteiger partial charge in [0.2, 0.25) is 0 Å². The molecular weight excluding hydrogens is 298 g/mol. The molecule has 6 heteroatoms. The minimum Gasteiger partial charge on any atom is -0.473 e. The van der Waals surface area contributed by atoms with Gasteiger partial charge in [-0.25, -0.2) is 0 Å². The van der Waals surface area contributed by atoms with Crippen LogP contribution in [0.1, 0.15) is 18.4 Å². The predicted octanol–water partition coefficient (Wildman–Crippen LogP) is 2.29. The summed E-state index contributed by atoms with van der Waals surface area (Å²) in [6, 6.07) is 10.8. The number of aromatic nitrogens is 2. The minimum absolute atomic E-state index is 0.223. The van der Waals surface area contributed by atoms with Gasteiger partial charge in [0.1, 0.15) is 6.10 Å². The molecule has 0 radical (unpaired) electrons. The number of benzene rings is 1. The van der Waals surface area contributed by atoms with Crippen molar-refractivity contribution in [1.82, 2.24) is 14.1 Å². The van der Waals surface area contributed by atoms with Crippen LogP contribution in [0.2, 0.25) is 0 Å². The number of hydrogen-bond donors (Lipinski definition) is 1. The molecule has 22 heavy (non-hydrogen) atoms. The van der Waals surface area contributed by atoms with E-state index in [1.54, 1.807) is 0 Å². The topological polar surface area (TPSA) is 56.3 Å². The number of nitrogens with zero attached hydrogens (tertiary/aromatic N) is 2. The van der Waals surface area contributed by atoms with Crippen molar-refractivity contribution in [2.45, 2.75) is 31.4 Å². The molecule has 2 aliphatic rings. The van der Waals surface area contributed by atoms with E-state index in [2.05, 4.69) is 26.2 Å². The molecule has 0 amide bonds. The summed E-state index contributed by atoms with van der Waals surface area (Å²) in [6.07, 6.45) is 3.51. The predicted molar refractivity (Wildman–Crippen MR) is 84.5 cm³/mol. The molecule has 2 fully saturated rings. The third-order valence-electron chi connectivity index (χ3n) is 4.50. The van der Waals surface area contributed by atoms with E-state index >= 15 is 0 Å². The van der Waals surface area contributed by atoms with Gasteiger partial charge in [0.15, 0.2) is 0 Å². The quantitative estimate of drug-likeness (QED) is 0.886. The van der Waals surface area contributed by atoms with Gasteiger partial charge in [0, 0.05) is 24.9 Å². The molecule has 1 saturated heterocycles. The van der Waals surface area contributed by atoms with Crippen LogP contribution in [0.15, 0.2) is 30.3 Å². The molecule has 4 rings (SSSR count). The fourth-order valence-corrected chi connectivity index (χ4v) is 3.78. The summed E-state index contributed by atoms with van der Waals surface area (Å²) in [5, 5.41) is 3.49. The fraction of sp³-hybridized carbons (Fsp3) is 0.500. The molecule has 1 N–H and O–H groups in total. The van der Waals surface area contributed by atoms with Crippen molar-refractivity contribution in [3.8, 4) is 11.8 Å². The second kappa shape index (κ2) is 6.22. The van der Waals surface area contributed by atoms with E-state index in [-0.39, 0.29) is 6.10 Å². The van der Waals surface area contributed by atoms with E-state index in [4.69, 9.17) is 9.47 Å². The van der Waals surface area contributed by atoms with Gasteiger partial charge in [-0.15, -0.1) is 8.75 Å². The molecule has 1 aliphatic heterocycles. The third kappa shape index (κ3) is 2.80. The minimum atomic E-state index is 0.223. The highest BCUT2D eigenvalue weighted by atomic mass is 32.1. The monoisotopic (exact) mass is 317 g/mol. The maximum atomic E-state index is 6.09. The number of piperidine rings is 1. The third-order valence-corrected chi connectivity index (χ3v) is 5.00. The number of fused-ring (bicyclic) bond motifs is 2. The second-order valence-electron chi connectivity index (χ2n) is 5.89. The molecule has 2 heterocycles. The molecule has 1 aliphatic carbocycles. The van der Waals surface area contributed by atoms with Gasteiger partial charge >= 0.3 is 0 Å². The van der Waals surface area contributed by atoms with Gasteiger partial charge in [-0.1, -0.05) is 30.3 Å². The summed E-state index contributed by atoms with van der Waals surface area (Å²) in [4.78, 5) is 0. The normalized spacial score (nSPS) is 26.3. The van der Waals surface area contributed by atoms with E-state index in [9.17, 15) is 0 Å². The summed E-state index contributed by atoms with van der Waals surface area (Å²) in [5.74, 6) is 1.69. The van der Waals surface area contributed by atoms with Gasteiger partial charge in [-0.05, 0) is 18.4 Å². The molecule has 1 saturated carbocycles. The highest BCUT2D eigenvalue weighted by molar-refractivity contribution is 6.99. The fourth-order valence-electron chi connectivity index (χ4n) is 3.34. The van der Waals surface area contributed by atoms with Crippen LogP contribution in [-0.4, -0.2) is 34.0 Å². The first-order chi connectivity index (χ1) is 10.9. The van der Waals surface area contributed by atoms with Crippen molar-refractivity contribution < 1.29 is 9.47 Å². The first kappa shape index (κ1) is 14.0. The van der Waals surface area contributed by atoms with Crippen molar-refractivity contribution in [3.63, 3.8) is 0 Å². The molecule has 2 bridgehead atoms. The summed E-state index contributed by atoms with van der Waals surface area (Å²) < 4.78 is 20.3. The van der Waals surface area contributed by atoms with Crippen molar-refractivity contribution in [2.75, 3.05) is 13.2 Å². The maximum absolute atomic E-state index is 6.09. The van der Waals surface area contributed by atoms with Crippen LogP contribution in [-0.2, 0) is 6.42 Å². The summed E-state index contributed by atoms with van der Waals surface area (Å²) in [6.45, 7) is 1.64. The standard InChI is InChI=1S/C16H19N3O2S/c1-2-4-11(5-3-1)8-9-20-15-16(19-22-18-15)21-14-12-6-7-13(14)17-10-12/h1-5,12-14,17H,6-10H2/t12?,13-,14?/m1/s1. The zero-order chi connectivity index (χ0) is 14.8. The average Bonchev–Trinajstić information content (AvgIpc) is 3.26. The number of nitrogens with one attached hydrogen (secondary N) is 1. The molecule has 5 nitrogen and oxygen atoms in total. The number of ether oxygens (including phenoxy) is 2. The molecular formula is C16H19N3O2S. The SMILES string of the molecule is c1ccc(CCOc2nsnc2OC2C3CC[C@H]2NC3)cc1. The van der Waals surface area contributed by atoms with E-state index in [0.29, 0.717) is 30.3 Å². The summed E-state index contributed by atoms with van der Waals surface area (Å²) >= 11 is 1.15. The molecule has 1 aromatic heterocycles. The van der Waals surface area contributed by atoms with Crippen LogP contribution in [0.3, 0.4) is 0 Å². The van der Waals surface area contributed by atoms with Gasteiger partial charge in [0.25, 0.3) is 11.8 Å². The number of hydrogen-bond acceptors (Lipinski definition) is 6. The number of rotatable bonds is 6. The van der Waals surface area contributed by atoms with Crippen molar-refractivity contribution in [2.24, 2.45) is 5.92 Å². The Labute approximate surface area is 134 Å². The Kier molecular flexibility index (Phi) is 3.95. The average molecular weight is 317 g/mol. The largest absolute Gasteiger partial charge is 0.473 e. The van der Waals surface area contributed by atoms with Gasteiger partial charge in [-0.2, -0.15) is 0 Å². The first-order valence-corrected chi connectivity index (χ1v) is 8.52. The second-order valence-corrected chi connectivity index (χ2v) is 6.42. The van der Waals surface area contributed by atoms with E-state index < -0.39 is 0 Å². The lowest BCUT2D eigenvalue weighted by Gasteiger charge is -2.16. The highest BCUT2D eigenvalue weighted by Gasteiger charge is 2.44. The van der Waals surface area contributed by atoms with Crippen LogP contribution in [0.5, 0.6) is 11.8 Å². The van der Waals surface area contributed by atoms with Crippen LogP contribution in [0.25, 0.3) is 0 Å². The highest BCUT2D eigenvalue weighted by Crippen LogP contribution is 2.36. The van der Waals surface area contributed by atoms with Crippen molar-refractivity contribution in [3.05, 3.63) is 35.9 Å². The summed E-state index contributed by atoms with van der Waals surface area (Å²) in [5.41, 5.74) is 1.26. The zero-order valence-corrected chi connectivity index (χ0v) is 13.1.